The summed E-state index contributed by atoms with van der Waals surface area (Å²) >= 11 is 0. The Kier molecular flexibility index (Phi) is 5.12. The topological polar surface area (TPSA) is 84.0 Å². The molecule has 1 aliphatic rings. The van der Waals surface area contributed by atoms with Gasteiger partial charge in [0.25, 0.3) is 5.91 Å². The van der Waals surface area contributed by atoms with E-state index in [1.165, 1.54) is 12.1 Å². The first-order valence-electron chi connectivity index (χ1n) is 9.03. The number of rotatable bonds is 5. The van der Waals surface area contributed by atoms with Crippen molar-refractivity contribution in [3.05, 3.63) is 66.0 Å². The molecule has 0 bridgehead atoms. The molecule has 0 spiro atoms. The molecule has 0 saturated carbocycles. The molecule has 0 aliphatic carbocycles. The van der Waals surface area contributed by atoms with Crippen molar-refractivity contribution in [2.24, 2.45) is 5.92 Å². The minimum atomic E-state index is -0.469. The Hall–Kier alpha value is -3.13. The maximum absolute atomic E-state index is 13.1. The molecular formula is C20H20FN5O2. The van der Waals surface area contributed by atoms with Gasteiger partial charge in [0.1, 0.15) is 17.3 Å². The van der Waals surface area contributed by atoms with Crippen LogP contribution in [0.4, 0.5) is 4.39 Å². The first-order valence-corrected chi connectivity index (χ1v) is 9.03. The number of pyridine rings is 1. The summed E-state index contributed by atoms with van der Waals surface area (Å²) in [4.78, 5) is 23.0. The largest absolute Gasteiger partial charge is 0.384 e. The monoisotopic (exact) mass is 381 g/mol. The van der Waals surface area contributed by atoms with E-state index in [0.29, 0.717) is 25.5 Å². The van der Waals surface area contributed by atoms with Crippen LogP contribution in [-0.2, 0) is 4.74 Å². The zero-order valence-corrected chi connectivity index (χ0v) is 15.4. The third kappa shape index (κ3) is 3.63. The summed E-state index contributed by atoms with van der Waals surface area (Å²) in [5.41, 5.74) is 1.15. The molecule has 1 aliphatic heterocycles. The third-order valence-electron chi connectivity index (χ3n) is 4.94. The predicted molar refractivity (Wildman–Crippen MR) is 100 cm³/mol. The van der Waals surface area contributed by atoms with Gasteiger partial charge in [0.2, 0.25) is 0 Å². The number of hydrogen-bond acceptors (Lipinski definition) is 5. The smallest absolute Gasteiger partial charge is 0.272 e. The van der Waals surface area contributed by atoms with Crippen LogP contribution in [0.2, 0.25) is 0 Å². The highest BCUT2D eigenvalue weighted by Crippen LogP contribution is 2.32. The number of likely N-dealkylation sites (tertiary alicyclic amines) is 1. The normalized spacial score (nSPS) is 19.1. The molecule has 1 amide bonds. The number of aromatic amines is 1. The number of halogens is 1. The minimum Gasteiger partial charge on any atom is -0.384 e. The van der Waals surface area contributed by atoms with E-state index in [1.807, 2.05) is 30.3 Å². The molecule has 1 aromatic carbocycles. The first-order chi connectivity index (χ1) is 13.7. The van der Waals surface area contributed by atoms with Crippen molar-refractivity contribution in [3.63, 3.8) is 0 Å². The maximum Gasteiger partial charge on any atom is 0.272 e. The fraction of sp³-hybridized carbons (Fsp3) is 0.300. The summed E-state index contributed by atoms with van der Waals surface area (Å²) in [7, 11) is 1.64. The number of carbonyl (C=O) groups excluding carboxylic acids is 1. The Morgan fingerprint density at radius 3 is 2.79 bits per heavy atom. The molecule has 2 atom stereocenters. The fourth-order valence-electron chi connectivity index (χ4n) is 3.55. The van der Waals surface area contributed by atoms with Crippen LogP contribution in [0, 0.1) is 11.7 Å². The quantitative estimate of drug-likeness (QED) is 0.734. The first kappa shape index (κ1) is 18.2. The van der Waals surface area contributed by atoms with E-state index in [9.17, 15) is 9.18 Å². The molecule has 0 unspecified atom stereocenters. The Balaban J connectivity index is 1.55. The van der Waals surface area contributed by atoms with Gasteiger partial charge in [-0.05, 0) is 12.1 Å². The van der Waals surface area contributed by atoms with Gasteiger partial charge >= 0.3 is 0 Å². The van der Waals surface area contributed by atoms with Crippen LogP contribution in [0.3, 0.4) is 0 Å². The SMILES string of the molecule is COC[C@@H]1CN(C(=O)c2ccc(F)cn2)C[C@H]1c1nc(-c2ccccc2)n[nH]1. The lowest BCUT2D eigenvalue weighted by Gasteiger charge is -2.15. The lowest BCUT2D eigenvalue weighted by molar-refractivity contribution is 0.0769. The van der Waals surface area contributed by atoms with E-state index < -0.39 is 5.82 Å². The van der Waals surface area contributed by atoms with Gasteiger partial charge in [0.05, 0.1) is 12.8 Å². The van der Waals surface area contributed by atoms with Crippen molar-refractivity contribution in [1.82, 2.24) is 25.1 Å². The van der Waals surface area contributed by atoms with Gasteiger partial charge in [-0.1, -0.05) is 30.3 Å². The molecule has 1 saturated heterocycles. The van der Waals surface area contributed by atoms with Crippen LogP contribution < -0.4 is 0 Å². The van der Waals surface area contributed by atoms with Gasteiger partial charge < -0.3 is 9.64 Å². The van der Waals surface area contributed by atoms with E-state index in [1.54, 1.807) is 12.0 Å². The summed E-state index contributed by atoms with van der Waals surface area (Å²) in [5.74, 6) is 0.690. The van der Waals surface area contributed by atoms with Crippen molar-refractivity contribution < 1.29 is 13.9 Å². The molecule has 0 radical (unpaired) electrons. The van der Waals surface area contributed by atoms with E-state index in [2.05, 4.69) is 20.2 Å². The second-order valence-electron chi connectivity index (χ2n) is 6.80. The number of carbonyl (C=O) groups is 1. The number of amides is 1. The molecule has 2 aromatic heterocycles. The maximum atomic E-state index is 13.1. The second kappa shape index (κ2) is 7.85. The average molecular weight is 381 g/mol. The number of benzene rings is 1. The third-order valence-corrected chi connectivity index (χ3v) is 4.94. The van der Waals surface area contributed by atoms with Gasteiger partial charge in [-0.2, -0.15) is 5.10 Å². The summed E-state index contributed by atoms with van der Waals surface area (Å²) in [6, 6.07) is 12.3. The van der Waals surface area contributed by atoms with Crippen LogP contribution in [0.1, 0.15) is 22.2 Å². The second-order valence-corrected chi connectivity index (χ2v) is 6.80. The number of nitrogens with one attached hydrogen (secondary N) is 1. The van der Waals surface area contributed by atoms with Crippen LogP contribution in [0.25, 0.3) is 11.4 Å². The molecule has 1 N–H and O–H groups in total. The lowest BCUT2D eigenvalue weighted by Crippen LogP contribution is -2.30. The van der Waals surface area contributed by atoms with E-state index in [0.717, 1.165) is 17.6 Å². The molecule has 3 aromatic rings. The summed E-state index contributed by atoms with van der Waals surface area (Å²) in [5, 5.41) is 7.35. The Morgan fingerprint density at radius 1 is 1.25 bits per heavy atom. The molecule has 1 fully saturated rings. The van der Waals surface area contributed by atoms with Gasteiger partial charge in [0, 0.05) is 37.6 Å². The standard InChI is InChI=1S/C20H20FN5O2/c1-28-12-14-10-26(20(27)17-8-7-15(21)9-22-17)11-16(14)19-23-18(24-25-19)13-5-3-2-4-6-13/h2-9,14,16H,10-12H2,1H3,(H,23,24,25)/t14-,16+/m0/s1. The highest BCUT2D eigenvalue weighted by Gasteiger charge is 2.38. The number of aromatic nitrogens is 4. The molecule has 3 heterocycles. The zero-order valence-electron chi connectivity index (χ0n) is 15.4. The number of methoxy groups -OCH3 is 1. The van der Waals surface area contributed by atoms with Gasteiger partial charge in [0.15, 0.2) is 5.82 Å². The number of H-pyrrole nitrogens is 1. The average Bonchev–Trinajstić information content (AvgIpc) is 3.36. The highest BCUT2D eigenvalue weighted by atomic mass is 19.1. The molecule has 4 rings (SSSR count). The van der Waals surface area contributed by atoms with Crippen LogP contribution in [0.15, 0.2) is 48.7 Å². The van der Waals surface area contributed by atoms with E-state index in [4.69, 9.17) is 4.74 Å². The van der Waals surface area contributed by atoms with Crippen molar-refractivity contribution >= 4 is 5.91 Å². The Morgan fingerprint density at radius 2 is 2.07 bits per heavy atom. The summed E-state index contributed by atoms with van der Waals surface area (Å²) < 4.78 is 18.4. The number of nitrogens with zero attached hydrogens (tertiary/aromatic N) is 4. The molecule has 28 heavy (non-hydrogen) atoms. The summed E-state index contributed by atoms with van der Waals surface area (Å²) in [6.45, 7) is 1.47. The fourth-order valence-corrected chi connectivity index (χ4v) is 3.55. The minimum absolute atomic E-state index is 0.0330. The van der Waals surface area contributed by atoms with Crippen LogP contribution in [-0.4, -0.2) is 57.8 Å². The summed E-state index contributed by atoms with van der Waals surface area (Å²) in [6.07, 6.45) is 1.05. The van der Waals surface area contributed by atoms with Gasteiger partial charge in [-0.25, -0.2) is 14.4 Å². The van der Waals surface area contributed by atoms with Gasteiger partial charge in [-0.15, -0.1) is 0 Å². The highest BCUT2D eigenvalue weighted by molar-refractivity contribution is 5.92. The van der Waals surface area contributed by atoms with Crippen LogP contribution in [0.5, 0.6) is 0 Å². The number of hydrogen-bond donors (Lipinski definition) is 1. The zero-order chi connectivity index (χ0) is 19.5. The number of ether oxygens (including phenoxy) is 1. The van der Waals surface area contributed by atoms with Gasteiger partial charge in [-0.3, -0.25) is 9.89 Å². The molecular weight excluding hydrogens is 361 g/mol. The van der Waals surface area contributed by atoms with Crippen molar-refractivity contribution in [2.75, 3.05) is 26.8 Å². The molecule has 8 heteroatoms. The molecule has 144 valence electrons. The van der Waals surface area contributed by atoms with E-state index >= 15 is 0 Å². The van der Waals surface area contributed by atoms with Crippen molar-refractivity contribution in [2.45, 2.75) is 5.92 Å². The van der Waals surface area contributed by atoms with Crippen LogP contribution >= 0.6 is 0 Å². The lowest BCUT2D eigenvalue weighted by atomic mass is 9.96. The van der Waals surface area contributed by atoms with Crippen molar-refractivity contribution in [3.8, 4) is 11.4 Å². The van der Waals surface area contributed by atoms with Crippen molar-refractivity contribution in [1.29, 1.82) is 0 Å². The Bertz CT molecular complexity index is 945. The molecule has 7 nitrogen and oxygen atoms in total. The van der Waals surface area contributed by atoms with E-state index in [-0.39, 0.29) is 23.4 Å². The predicted octanol–water partition coefficient (Wildman–Crippen LogP) is 2.51. The Labute approximate surface area is 161 Å².